The van der Waals surface area contributed by atoms with Gasteiger partial charge < -0.3 is 19.5 Å². The number of para-hydroxylation sites is 1. The van der Waals surface area contributed by atoms with Crippen molar-refractivity contribution in [2.24, 2.45) is 11.3 Å². The summed E-state index contributed by atoms with van der Waals surface area (Å²) in [6, 6.07) is 23.6. The molecular weight excluding hydrogens is 478 g/mol. The number of fused-ring (bicyclic) bond motifs is 1. The topological polar surface area (TPSA) is 76.1 Å². The molecular formula is C32H31NO5. The first kappa shape index (κ1) is 24.3. The summed E-state index contributed by atoms with van der Waals surface area (Å²) in [5.74, 6) is -0.223. The summed E-state index contributed by atoms with van der Waals surface area (Å²) in [6.07, 6.45) is 1.58. The maximum atomic E-state index is 13.9. The number of benzene rings is 3. The number of likely N-dealkylation sites (tertiary alicyclic amines) is 1. The number of ether oxygens (including phenoxy) is 2. The van der Waals surface area contributed by atoms with Gasteiger partial charge in [-0.3, -0.25) is 9.59 Å². The van der Waals surface area contributed by atoms with Crippen LogP contribution in [-0.2, 0) is 15.0 Å². The molecule has 0 radical (unpaired) electrons. The van der Waals surface area contributed by atoms with Gasteiger partial charge in [-0.2, -0.15) is 0 Å². The van der Waals surface area contributed by atoms with Gasteiger partial charge in [0.1, 0.15) is 11.5 Å². The molecule has 4 aliphatic rings. The Hall–Kier alpha value is -4.06. The van der Waals surface area contributed by atoms with Crippen LogP contribution in [0, 0.1) is 11.3 Å². The first-order valence-electron chi connectivity index (χ1n) is 13.0. The average molecular weight is 510 g/mol. The zero-order valence-electron chi connectivity index (χ0n) is 21.6. The van der Waals surface area contributed by atoms with Crippen LogP contribution in [0.5, 0.6) is 11.5 Å². The van der Waals surface area contributed by atoms with Crippen molar-refractivity contribution < 1.29 is 24.2 Å². The molecule has 2 bridgehead atoms. The van der Waals surface area contributed by atoms with Gasteiger partial charge in [0.2, 0.25) is 0 Å². The molecule has 0 aromatic heterocycles. The fraction of sp³-hybridized carbons (Fsp3) is 0.312. The molecule has 1 N–H and O–H groups in total. The van der Waals surface area contributed by atoms with Crippen LogP contribution in [0.3, 0.4) is 0 Å². The molecule has 3 aromatic rings. The van der Waals surface area contributed by atoms with E-state index in [1.165, 1.54) is 5.56 Å². The van der Waals surface area contributed by atoms with Crippen LogP contribution < -0.4 is 9.47 Å². The van der Waals surface area contributed by atoms with Gasteiger partial charge in [-0.25, -0.2) is 0 Å². The molecule has 1 saturated heterocycles. The van der Waals surface area contributed by atoms with E-state index in [4.69, 9.17) is 9.47 Å². The van der Waals surface area contributed by atoms with Crippen molar-refractivity contribution in [3.63, 3.8) is 0 Å². The second-order valence-electron chi connectivity index (χ2n) is 10.6. The molecule has 1 heterocycles. The minimum absolute atomic E-state index is 0.150. The number of carbonyl (C=O) groups is 2. The van der Waals surface area contributed by atoms with E-state index in [0.29, 0.717) is 23.4 Å². The van der Waals surface area contributed by atoms with Crippen molar-refractivity contribution in [3.8, 4) is 11.5 Å². The first-order valence-corrected chi connectivity index (χ1v) is 13.0. The number of nitrogens with zero attached hydrogens (tertiary/aromatic N) is 1. The van der Waals surface area contributed by atoms with E-state index < -0.39 is 16.8 Å². The number of rotatable bonds is 6. The van der Waals surface area contributed by atoms with Crippen molar-refractivity contribution in [1.29, 1.82) is 0 Å². The normalized spacial score (nSPS) is 26.8. The van der Waals surface area contributed by atoms with Crippen LogP contribution in [0.15, 0.2) is 79.4 Å². The smallest absolute Gasteiger partial charge is 0.312 e. The van der Waals surface area contributed by atoms with Crippen LogP contribution in [0.2, 0.25) is 0 Å². The number of carboxylic acid groups (broad SMARTS) is 1. The molecule has 3 aliphatic carbocycles. The Kier molecular flexibility index (Phi) is 5.60. The van der Waals surface area contributed by atoms with Gasteiger partial charge in [0.25, 0.3) is 5.91 Å². The monoisotopic (exact) mass is 509 g/mol. The summed E-state index contributed by atoms with van der Waals surface area (Å²) in [5.41, 5.74) is 2.64. The Bertz CT molecular complexity index is 1450. The number of hydrogen-bond acceptors (Lipinski definition) is 4. The van der Waals surface area contributed by atoms with Crippen molar-refractivity contribution in [2.75, 3.05) is 27.3 Å². The molecule has 194 valence electrons. The molecule has 7 rings (SSSR count). The Morgan fingerprint density at radius 3 is 2.39 bits per heavy atom. The molecule has 1 saturated carbocycles. The lowest BCUT2D eigenvalue weighted by molar-refractivity contribution is -0.157. The molecule has 6 nitrogen and oxygen atoms in total. The summed E-state index contributed by atoms with van der Waals surface area (Å²) in [6.45, 7) is 4.61. The molecule has 4 unspecified atom stereocenters. The lowest BCUT2D eigenvalue weighted by atomic mass is 9.42. The molecule has 4 atom stereocenters. The molecule has 3 aromatic carbocycles. The van der Waals surface area contributed by atoms with Crippen molar-refractivity contribution in [3.05, 3.63) is 102 Å². The van der Waals surface area contributed by atoms with E-state index in [-0.39, 0.29) is 24.3 Å². The van der Waals surface area contributed by atoms with E-state index in [9.17, 15) is 14.7 Å². The summed E-state index contributed by atoms with van der Waals surface area (Å²) >= 11 is 0. The molecule has 2 fully saturated rings. The molecule has 1 amide bonds. The maximum Gasteiger partial charge on any atom is 0.312 e. The van der Waals surface area contributed by atoms with Crippen LogP contribution in [-0.4, -0.2) is 49.2 Å². The highest BCUT2D eigenvalue weighted by atomic mass is 16.5. The largest absolute Gasteiger partial charge is 0.497 e. The molecule has 1 aliphatic heterocycles. The minimum atomic E-state index is -1.09. The van der Waals surface area contributed by atoms with Crippen molar-refractivity contribution in [1.82, 2.24) is 4.90 Å². The zero-order valence-corrected chi connectivity index (χ0v) is 21.6. The predicted octanol–water partition coefficient (Wildman–Crippen LogP) is 5.12. The SMILES string of the molecule is C=C(C(=O)N1CC2C3(c4ccc(OC)cc4)CCC(c4ccccc43)C2(C(=O)O)C1)c1ccccc1OC. The number of carboxylic acids is 1. The third-order valence-electron chi connectivity index (χ3n) is 9.32. The highest BCUT2D eigenvalue weighted by Crippen LogP contribution is 2.69. The van der Waals surface area contributed by atoms with E-state index in [0.717, 1.165) is 29.7 Å². The minimum Gasteiger partial charge on any atom is -0.497 e. The van der Waals surface area contributed by atoms with Gasteiger partial charge in [0.15, 0.2) is 0 Å². The molecule has 38 heavy (non-hydrogen) atoms. The summed E-state index contributed by atoms with van der Waals surface area (Å²) < 4.78 is 10.9. The number of carbonyl (C=O) groups excluding carboxylic acids is 1. The van der Waals surface area contributed by atoms with Gasteiger partial charge >= 0.3 is 5.97 Å². The second kappa shape index (κ2) is 8.76. The standard InChI is InChI=1S/C32H31NO5/c1-20(23-8-5-7-11-27(23)38-3)29(34)33-18-28-31(21-12-14-22(37-2)15-13-21)17-16-26(32(28,19-33)30(35)36)24-9-4-6-10-25(24)31/h4-15,26,28H,1,16-19H2,2-3H3,(H,35,36). The third kappa shape index (κ3) is 3.12. The van der Waals surface area contributed by atoms with E-state index in [1.807, 2.05) is 42.5 Å². The van der Waals surface area contributed by atoms with Crippen LogP contribution >= 0.6 is 0 Å². The maximum absolute atomic E-state index is 13.9. The zero-order chi connectivity index (χ0) is 26.7. The quantitative estimate of drug-likeness (QED) is 0.467. The Morgan fingerprint density at radius 1 is 0.974 bits per heavy atom. The molecule has 0 spiro atoms. The van der Waals surface area contributed by atoms with E-state index in [2.05, 4.69) is 30.8 Å². The first-order chi connectivity index (χ1) is 18.4. The van der Waals surface area contributed by atoms with Gasteiger partial charge in [-0.05, 0) is 47.7 Å². The lowest BCUT2D eigenvalue weighted by Gasteiger charge is -2.59. The summed E-state index contributed by atoms with van der Waals surface area (Å²) in [7, 11) is 3.20. The van der Waals surface area contributed by atoms with Crippen molar-refractivity contribution in [2.45, 2.75) is 24.2 Å². The van der Waals surface area contributed by atoms with Crippen LogP contribution in [0.1, 0.15) is 41.0 Å². The highest BCUT2D eigenvalue weighted by molar-refractivity contribution is 6.19. The van der Waals surface area contributed by atoms with Gasteiger partial charge in [-0.15, -0.1) is 0 Å². The van der Waals surface area contributed by atoms with Gasteiger partial charge in [0.05, 0.1) is 19.6 Å². The number of hydrogen-bond donors (Lipinski definition) is 1. The second-order valence-corrected chi connectivity index (χ2v) is 10.6. The third-order valence-corrected chi connectivity index (χ3v) is 9.32. The Balaban J connectivity index is 1.49. The predicted molar refractivity (Wildman–Crippen MR) is 144 cm³/mol. The Morgan fingerprint density at radius 2 is 1.68 bits per heavy atom. The van der Waals surface area contributed by atoms with Crippen LogP contribution in [0.25, 0.3) is 5.57 Å². The number of aliphatic carboxylic acids is 1. The Labute approximate surface area is 222 Å². The lowest BCUT2D eigenvalue weighted by Crippen LogP contribution is -2.60. The summed E-state index contributed by atoms with van der Waals surface area (Å²) in [5, 5.41) is 10.9. The number of amides is 1. The number of methoxy groups -OCH3 is 2. The fourth-order valence-corrected chi connectivity index (χ4v) is 7.70. The van der Waals surface area contributed by atoms with Crippen molar-refractivity contribution >= 4 is 17.4 Å². The molecule has 6 heteroatoms. The van der Waals surface area contributed by atoms with E-state index in [1.54, 1.807) is 25.2 Å². The van der Waals surface area contributed by atoms with Crippen LogP contribution in [0.4, 0.5) is 0 Å². The van der Waals surface area contributed by atoms with Gasteiger partial charge in [0, 0.05) is 41.5 Å². The highest BCUT2D eigenvalue weighted by Gasteiger charge is 2.70. The fourth-order valence-electron chi connectivity index (χ4n) is 7.70. The van der Waals surface area contributed by atoms with Gasteiger partial charge in [-0.1, -0.05) is 61.2 Å². The average Bonchev–Trinajstić information content (AvgIpc) is 3.41. The summed E-state index contributed by atoms with van der Waals surface area (Å²) in [4.78, 5) is 29.0. The van der Waals surface area contributed by atoms with E-state index >= 15 is 0 Å².